The van der Waals surface area contributed by atoms with Crippen LogP contribution in [0, 0.1) is 0 Å². The second-order valence-electron chi connectivity index (χ2n) is 16.0. The Labute approximate surface area is 343 Å². The number of nitrogens with zero attached hydrogens (tertiary/aromatic N) is 2. The van der Waals surface area contributed by atoms with Crippen molar-refractivity contribution in [2.24, 2.45) is 0 Å². The zero-order valence-corrected chi connectivity index (χ0v) is 34.3. The summed E-state index contributed by atoms with van der Waals surface area (Å²) >= 11 is 0. The molecule has 6 heteroatoms. The molecule has 0 amide bonds. The molecular formula is C52H45BN2O2Si. The SMILES string of the molecule is CC1(C)OB(c2cccc([Si](c3ccccc3)(c3ccccc3)c3ccc(-c4cccc(-c5cnc(-c6ccccc6)c(-c6ccccc6)n5)c4)cc3)c2)OC1(C)C. The van der Waals surface area contributed by atoms with Gasteiger partial charge in [0.05, 0.1) is 34.5 Å². The van der Waals surface area contributed by atoms with Gasteiger partial charge in [-0.1, -0.05) is 188 Å². The fourth-order valence-electron chi connectivity index (χ4n) is 8.18. The Balaban J connectivity index is 1.13. The molecular weight excluding hydrogens is 723 g/mol. The first-order valence-electron chi connectivity index (χ1n) is 20.0. The molecule has 0 atom stereocenters. The molecule has 0 N–H and O–H groups in total. The van der Waals surface area contributed by atoms with Gasteiger partial charge in [-0.3, -0.25) is 4.98 Å². The third-order valence-electron chi connectivity index (χ3n) is 11.9. The largest absolute Gasteiger partial charge is 0.494 e. The maximum Gasteiger partial charge on any atom is 0.494 e. The summed E-state index contributed by atoms with van der Waals surface area (Å²) in [6.07, 6.45) is 1.90. The average molecular weight is 769 g/mol. The first-order chi connectivity index (χ1) is 28.2. The molecule has 0 bridgehead atoms. The predicted molar refractivity (Wildman–Crippen MR) is 243 cm³/mol. The van der Waals surface area contributed by atoms with E-state index in [1.807, 2.05) is 42.6 Å². The number of hydrogen-bond donors (Lipinski definition) is 0. The standard InChI is InChI=1S/C52H45BN2O2Si/c1-51(2)52(3,4)57-53(56-51)43-25-18-30-47(36-43)58(44-26-13-7-14-27-44,45-28-15-8-16-29-45)46-33-31-38(32-34-46)41-23-17-24-42(35-41)48-37-54-49(39-19-9-5-10-20-39)50(55-48)40-21-11-6-12-22-40/h5-37H,1-4H3. The maximum absolute atomic E-state index is 6.58. The first kappa shape index (κ1) is 37.4. The van der Waals surface area contributed by atoms with Crippen molar-refractivity contribution in [3.63, 3.8) is 0 Å². The van der Waals surface area contributed by atoms with Gasteiger partial charge in [-0.25, -0.2) is 4.98 Å². The number of benzene rings is 7. The zero-order chi connectivity index (χ0) is 39.7. The Morgan fingerprint density at radius 3 is 1.47 bits per heavy atom. The minimum Gasteiger partial charge on any atom is -0.399 e. The van der Waals surface area contributed by atoms with Crippen molar-refractivity contribution in [2.75, 3.05) is 0 Å². The molecule has 1 fully saturated rings. The summed E-state index contributed by atoms with van der Waals surface area (Å²) in [5, 5.41) is 5.20. The summed E-state index contributed by atoms with van der Waals surface area (Å²) in [7, 11) is -3.30. The van der Waals surface area contributed by atoms with Crippen LogP contribution >= 0.6 is 0 Å². The van der Waals surface area contributed by atoms with E-state index in [-0.39, 0.29) is 0 Å². The van der Waals surface area contributed by atoms with Gasteiger partial charge in [-0.05, 0) is 71.1 Å². The quantitative estimate of drug-likeness (QED) is 0.109. The van der Waals surface area contributed by atoms with Gasteiger partial charge in [0.2, 0.25) is 0 Å². The van der Waals surface area contributed by atoms with Gasteiger partial charge in [0.15, 0.2) is 8.07 Å². The molecule has 1 aliphatic rings. The van der Waals surface area contributed by atoms with Crippen LogP contribution in [0.15, 0.2) is 200 Å². The molecule has 7 aromatic carbocycles. The van der Waals surface area contributed by atoms with E-state index in [9.17, 15) is 0 Å². The molecule has 0 aliphatic carbocycles. The molecule has 1 aliphatic heterocycles. The smallest absolute Gasteiger partial charge is 0.399 e. The van der Waals surface area contributed by atoms with E-state index in [2.05, 4.69) is 185 Å². The highest BCUT2D eigenvalue weighted by atomic mass is 28.3. The molecule has 9 rings (SSSR count). The molecule has 1 saturated heterocycles. The predicted octanol–water partition coefficient (Wildman–Crippen LogP) is 8.82. The van der Waals surface area contributed by atoms with Crippen molar-refractivity contribution >= 4 is 41.4 Å². The van der Waals surface area contributed by atoms with Crippen molar-refractivity contribution in [2.45, 2.75) is 38.9 Å². The monoisotopic (exact) mass is 768 g/mol. The Kier molecular flexibility index (Phi) is 9.86. The second-order valence-corrected chi connectivity index (χ2v) is 19.8. The molecule has 282 valence electrons. The summed E-state index contributed by atoms with van der Waals surface area (Å²) in [6, 6.07) is 69.5. The van der Waals surface area contributed by atoms with Crippen LogP contribution in [-0.2, 0) is 9.31 Å². The molecule has 0 spiro atoms. The Morgan fingerprint density at radius 1 is 0.414 bits per heavy atom. The summed E-state index contributed by atoms with van der Waals surface area (Å²) in [5.74, 6) is 0. The molecule has 58 heavy (non-hydrogen) atoms. The summed E-state index contributed by atoms with van der Waals surface area (Å²) in [6.45, 7) is 8.44. The van der Waals surface area contributed by atoms with E-state index in [0.717, 1.165) is 50.4 Å². The number of rotatable bonds is 9. The molecule has 0 radical (unpaired) electrons. The van der Waals surface area contributed by atoms with Crippen molar-refractivity contribution in [1.29, 1.82) is 0 Å². The third kappa shape index (κ3) is 6.83. The van der Waals surface area contributed by atoms with Crippen LogP contribution < -0.4 is 26.2 Å². The van der Waals surface area contributed by atoms with E-state index in [4.69, 9.17) is 19.3 Å². The van der Waals surface area contributed by atoms with E-state index in [1.165, 1.54) is 20.7 Å². The Bertz CT molecular complexity index is 2620. The average Bonchev–Trinajstić information content (AvgIpc) is 3.51. The van der Waals surface area contributed by atoms with Gasteiger partial charge in [0.25, 0.3) is 0 Å². The van der Waals surface area contributed by atoms with Crippen molar-refractivity contribution < 1.29 is 9.31 Å². The highest BCUT2D eigenvalue weighted by molar-refractivity contribution is 7.20. The number of hydrogen-bond acceptors (Lipinski definition) is 4. The lowest BCUT2D eigenvalue weighted by Crippen LogP contribution is -2.75. The first-order valence-corrected chi connectivity index (χ1v) is 22.0. The van der Waals surface area contributed by atoms with Crippen LogP contribution in [0.25, 0.3) is 44.9 Å². The van der Waals surface area contributed by atoms with E-state index in [0.29, 0.717) is 0 Å². The van der Waals surface area contributed by atoms with Gasteiger partial charge in [0.1, 0.15) is 0 Å². The van der Waals surface area contributed by atoms with Gasteiger partial charge in [-0.2, -0.15) is 0 Å². The lowest BCUT2D eigenvalue weighted by Gasteiger charge is -2.35. The van der Waals surface area contributed by atoms with Gasteiger partial charge in [0, 0.05) is 16.7 Å². The lowest BCUT2D eigenvalue weighted by atomic mass is 9.79. The summed E-state index contributed by atoms with van der Waals surface area (Å²) in [4.78, 5) is 10.2. The summed E-state index contributed by atoms with van der Waals surface area (Å²) in [5.41, 5.74) is 8.08. The topological polar surface area (TPSA) is 44.2 Å². The van der Waals surface area contributed by atoms with Crippen LogP contribution in [0.1, 0.15) is 27.7 Å². The summed E-state index contributed by atoms with van der Waals surface area (Å²) < 4.78 is 13.2. The van der Waals surface area contributed by atoms with E-state index >= 15 is 0 Å². The van der Waals surface area contributed by atoms with Crippen LogP contribution in [-0.4, -0.2) is 36.4 Å². The van der Waals surface area contributed by atoms with Crippen molar-refractivity contribution in [3.8, 4) is 44.9 Å². The molecule has 4 nitrogen and oxygen atoms in total. The van der Waals surface area contributed by atoms with Gasteiger partial charge >= 0.3 is 7.12 Å². The highest BCUT2D eigenvalue weighted by Crippen LogP contribution is 2.37. The molecule has 0 unspecified atom stereocenters. The Morgan fingerprint density at radius 2 is 0.879 bits per heavy atom. The lowest BCUT2D eigenvalue weighted by molar-refractivity contribution is 0.00578. The van der Waals surface area contributed by atoms with Crippen molar-refractivity contribution in [3.05, 3.63) is 200 Å². The molecule has 8 aromatic rings. The normalized spacial score (nSPS) is 14.7. The highest BCUT2D eigenvalue weighted by Gasteiger charge is 2.52. The molecule has 0 saturated carbocycles. The van der Waals surface area contributed by atoms with Crippen molar-refractivity contribution in [1.82, 2.24) is 9.97 Å². The minimum absolute atomic E-state index is 0.434. The maximum atomic E-state index is 6.58. The molecule has 1 aromatic heterocycles. The number of aromatic nitrogens is 2. The van der Waals surface area contributed by atoms with Gasteiger partial charge < -0.3 is 9.31 Å². The van der Waals surface area contributed by atoms with Crippen LogP contribution in [0.2, 0.25) is 0 Å². The Hall–Kier alpha value is -6.18. The van der Waals surface area contributed by atoms with Crippen LogP contribution in [0.4, 0.5) is 0 Å². The second kappa shape index (κ2) is 15.3. The fourth-order valence-corrected chi connectivity index (χ4v) is 13.0. The van der Waals surface area contributed by atoms with E-state index < -0.39 is 26.4 Å². The minimum atomic E-state index is -2.84. The third-order valence-corrected chi connectivity index (χ3v) is 16.7. The zero-order valence-electron chi connectivity index (χ0n) is 33.3. The van der Waals surface area contributed by atoms with Gasteiger partial charge in [-0.15, -0.1) is 0 Å². The van der Waals surface area contributed by atoms with Crippen LogP contribution in [0.3, 0.4) is 0 Å². The fraction of sp³-hybridized carbons (Fsp3) is 0.115. The van der Waals surface area contributed by atoms with Crippen LogP contribution in [0.5, 0.6) is 0 Å². The molecule has 2 heterocycles. The van der Waals surface area contributed by atoms with E-state index in [1.54, 1.807) is 0 Å².